The summed E-state index contributed by atoms with van der Waals surface area (Å²) in [5.74, 6) is -1.60. The van der Waals surface area contributed by atoms with Gasteiger partial charge in [-0.2, -0.15) is 0 Å². The van der Waals surface area contributed by atoms with Crippen LogP contribution in [0.5, 0.6) is 17.2 Å². The summed E-state index contributed by atoms with van der Waals surface area (Å²) in [6.45, 7) is 1.98. The van der Waals surface area contributed by atoms with E-state index < -0.39 is 22.8 Å². The van der Waals surface area contributed by atoms with E-state index in [9.17, 15) is 20.1 Å². The maximum atomic E-state index is 12.3. The molecule has 1 atom stereocenters. The number of hydrogen-bond acceptors (Lipinski definition) is 5. The Hall–Kier alpha value is -3.02. The summed E-state index contributed by atoms with van der Waals surface area (Å²) >= 11 is 0. The van der Waals surface area contributed by atoms with Crippen molar-refractivity contribution in [1.82, 2.24) is 9.97 Å². The number of aromatic hydroxyl groups is 3. The molecule has 0 bridgehead atoms. The molecule has 0 aliphatic heterocycles. The quantitative estimate of drug-likeness (QED) is 0.556. The normalized spacial score (nSPS) is 12.4. The smallest absolute Gasteiger partial charge is 0.262 e. The van der Waals surface area contributed by atoms with Gasteiger partial charge in [0.05, 0.1) is 5.52 Å². The minimum absolute atomic E-state index is 0.119. The van der Waals surface area contributed by atoms with Crippen molar-refractivity contribution in [3.63, 3.8) is 0 Å². The molecule has 1 heterocycles. The highest BCUT2D eigenvalue weighted by atomic mass is 16.3. The van der Waals surface area contributed by atoms with Crippen molar-refractivity contribution in [2.24, 2.45) is 0 Å². The first-order chi connectivity index (χ1) is 11.0. The Morgan fingerprint density at radius 1 is 1.13 bits per heavy atom. The van der Waals surface area contributed by atoms with Crippen molar-refractivity contribution in [1.29, 1.82) is 0 Å². The van der Waals surface area contributed by atoms with Crippen LogP contribution in [0.25, 0.3) is 10.9 Å². The van der Waals surface area contributed by atoms with Crippen LogP contribution in [0.2, 0.25) is 0 Å². The van der Waals surface area contributed by atoms with E-state index in [-0.39, 0.29) is 16.8 Å². The molecule has 0 amide bonds. The third kappa shape index (κ3) is 2.48. The summed E-state index contributed by atoms with van der Waals surface area (Å²) < 4.78 is 0. The first-order valence-corrected chi connectivity index (χ1v) is 7.25. The van der Waals surface area contributed by atoms with Gasteiger partial charge in [0.15, 0.2) is 11.5 Å². The van der Waals surface area contributed by atoms with Gasteiger partial charge in [0.1, 0.15) is 11.2 Å². The van der Waals surface area contributed by atoms with Crippen LogP contribution < -0.4 is 5.56 Å². The summed E-state index contributed by atoms with van der Waals surface area (Å²) in [7, 11) is 0. The van der Waals surface area contributed by atoms with Gasteiger partial charge >= 0.3 is 0 Å². The Morgan fingerprint density at radius 3 is 2.48 bits per heavy atom. The number of phenols is 3. The molecule has 1 aromatic heterocycles. The second-order valence-corrected chi connectivity index (χ2v) is 5.31. The monoisotopic (exact) mass is 312 g/mol. The molecule has 0 aliphatic rings. The Morgan fingerprint density at radius 2 is 1.83 bits per heavy atom. The SMILES string of the molecule is CCC(c1ccccc1)c1nc2cc(O)c(O)c(O)c2c(=O)[nH]1. The van der Waals surface area contributed by atoms with E-state index in [0.29, 0.717) is 12.2 Å². The first-order valence-electron chi connectivity index (χ1n) is 7.25. The second kappa shape index (κ2) is 5.64. The highest BCUT2D eigenvalue weighted by Crippen LogP contribution is 2.39. The first kappa shape index (κ1) is 14.9. The van der Waals surface area contributed by atoms with Crippen LogP contribution in [-0.2, 0) is 0 Å². The number of aromatic nitrogens is 2. The zero-order valence-corrected chi connectivity index (χ0v) is 12.4. The molecule has 0 aliphatic carbocycles. The van der Waals surface area contributed by atoms with Crippen molar-refractivity contribution < 1.29 is 15.3 Å². The number of nitrogens with zero attached hydrogens (tertiary/aromatic N) is 1. The highest BCUT2D eigenvalue weighted by molar-refractivity contribution is 5.88. The average molecular weight is 312 g/mol. The molecule has 0 saturated heterocycles. The lowest BCUT2D eigenvalue weighted by atomic mass is 9.95. The van der Waals surface area contributed by atoms with E-state index in [2.05, 4.69) is 9.97 Å². The van der Waals surface area contributed by atoms with E-state index in [0.717, 1.165) is 5.56 Å². The third-order valence-electron chi connectivity index (χ3n) is 3.88. The fraction of sp³-hybridized carbons (Fsp3) is 0.176. The van der Waals surface area contributed by atoms with Crippen LogP contribution in [-0.4, -0.2) is 25.3 Å². The van der Waals surface area contributed by atoms with Crippen LogP contribution in [0.15, 0.2) is 41.2 Å². The van der Waals surface area contributed by atoms with Crippen LogP contribution in [0.3, 0.4) is 0 Å². The largest absolute Gasteiger partial charge is 0.504 e. The molecule has 6 heteroatoms. The van der Waals surface area contributed by atoms with Gasteiger partial charge in [-0.1, -0.05) is 37.3 Å². The minimum Gasteiger partial charge on any atom is -0.504 e. The van der Waals surface area contributed by atoms with Crippen molar-refractivity contribution in [3.8, 4) is 17.2 Å². The fourth-order valence-corrected chi connectivity index (χ4v) is 2.72. The van der Waals surface area contributed by atoms with Crippen molar-refractivity contribution in [2.45, 2.75) is 19.3 Å². The summed E-state index contributed by atoms with van der Waals surface area (Å²) in [6.07, 6.45) is 0.717. The maximum Gasteiger partial charge on any atom is 0.262 e. The van der Waals surface area contributed by atoms with E-state index in [4.69, 9.17) is 0 Å². The van der Waals surface area contributed by atoms with E-state index in [1.165, 1.54) is 6.07 Å². The number of nitrogens with one attached hydrogen (secondary N) is 1. The highest BCUT2D eigenvalue weighted by Gasteiger charge is 2.20. The molecule has 6 nitrogen and oxygen atoms in total. The maximum absolute atomic E-state index is 12.3. The van der Waals surface area contributed by atoms with Gasteiger partial charge < -0.3 is 20.3 Å². The summed E-state index contributed by atoms with van der Waals surface area (Å²) in [5, 5.41) is 28.9. The van der Waals surface area contributed by atoms with E-state index >= 15 is 0 Å². The van der Waals surface area contributed by atoms with Gasteiger partial charge in [-0.3, -0.25) is 4.79 Å². The number of phenolic OH excluding ortho intramolecular Hbond substituents is 3. The standard InChI is InChI=1S/C17H16N2O4/c1-2-10(9-6-4-3-5-7-9)16-18-11-8-12(20)14(21)15(22)13(11)17(23)19-16/h3-8,10,20-22H,2H2,1H3,(H,18,19,23). The number of H-pyrrole nitrogens is 1. The molecule has 1 unspecified atom stereocenters. The predicted molar refractivity (Wildman–Crippen MR) is 85.9 cm³/mol. The van der Waals surface area contributed by atoms with Crippen molar-refractivity contribution in [2.75, 3.05) is 0 Å². The van der Waals surface area contributed by atoms with Gasteiger partial charge in [0, 0.05) is 12.0 Å². The van der Waals surface area contributed by atoms with Crippen LogP contribution in [0, 0.1) is 0 Å². The molecular formula is C17H16N2O4. The number of fused-ring (bicyclic) bond motifs is 1. The third-order valence-corrected chi connectivity index (χ3v) is 3.88. The number of hydrogen-bond donors (Lipinski definition) is 4. The van der Waals surface area contributed by atoms with E-state index in [1.54, 1.807) is 0 Å². The van der Waals surface area contributed by atoms with E-state index in [1.807, 2.05) is 37.3 Å². The lowest BCUT2D eigenvalue weighted by molar-refractivity contribution is 0.371. The molecular weight excluding hydrogens is 296 g/mol. The molecule has 0 saturated carbocycles. The van der Waals surface area contributed by atoms with Gasteiger partial charge in [-0.05, 0) is 12.0 Å². The Kier molecular flexibility index (Phi) is 3.65. The van der Waals surface area contributed by atoms with Gasteiger partial charge in [0.2, 0.25) is 5.75 Å². The lowest BCUT2D eigenvalue weighted by Crippen LogP contribution is -2.15. The Labute approximate surface area is 131 Å². The number of aromatic amines is 1. The second-order valence-electron chi connectivity index (χ2n) is 5.31. The number of rotatable bonds is 3. The molecule has 0 fully saturated rings. The average Bonchev–Trinajstić information content (AvgIpc) is 2.54. The van der Waals surface area contributed by atoms with Crippen LogP contribution >= 0.6 is 0 Å². The topological polar surface area (TPSA) is 106 Å². The molecule has 3 aromatic rings. The van der Waals surface area contributed by atoms with Gasteiger partial charge in [-0.15, -0.1) is 0 Å². The summed E-state index contributed by atoms with van der Waals surface area (Å²) in [6, 6.07) is 10.8. The molecule has 23 heavy (non-hydrogen) atoms. The molecule has 3 rings (SSSR count). The van der Waals surface area contributed by atoms with Gasteiger partial charge in [0.25, 0.3) is 5.56 Å². The zero-order chi connectivity index (χ0) is 16.6. The van der Waals surface area contributed by atoms with Crippen molar-refractivity contribution >= 4 is 10.9 Å². The van der Waals surface area contributed by atoms with Crippen molar-refractivity contribution in [3.05, 3.63) is 58.1 Å². The summed E-state index contributed by atoms with van der Waals surface area (Å²) in [5.41, 5.74) is 0.572. The number of benzene rings is 2. The van der Waals surface area contributed by atoms with Crippen LogP contribution in [0.4, 0.5) is 0 Å². The molecule has 4 N–H and O–H groups in total. The predicted octanol–water partition coefficient (Wildman–Crippen LogP) is 2.58. The molecule has 118 valence electrons. The van der Waals surface area contributed by atoms with Gasteiger partial charge in [-0.25, -0.2) is 4.98 Å². The Balaban J connectivity index is 2.24. The molecule has 0 spiro atoms. The molecule has 0 radical (unpaired) electrons. The Bertz CT molecular complexity index is 919. The zero-order valence-electron chi connectivity index (χ0n) is 12.4. The lowest BCUT2D eigenvalue weighted by Gasteiger charge is -2.15. The minimum atomic E-state index is -0.729. The van der Waals surface area contributed by atoms with Crippen LogP contribution in [0.1, 0.15) is 30.7 Å². The molecule has 2 aromatic carbocycles. The fourth-order valence-electron chi connectivity index (χ4n) is 2.72. The summed E-state index contributed by atoms with van der Waals surface area (Å²) in [4.78, 5) is 19.3.